The molecule has 0 saturated heterocycles. The van der Waals surface area contributed by atoms with Crippen LogP contribution in [0.1, 0.15) is 23.6 Å². The van der Waals surface area contributed by atoms with Gasteiger partial charge in [-0.25, -0.2) is 0 Å². The van der Waals surface area contributed by atoms with Gasteiger partial charge in [0.2, 0.25) is 0 Å². The third kappa shape index (κ3) is 3.96. The molecule has 0 radical (unpaired) electrons. The molecule has 3 aliphatic rings. The van der Waals surface area contributed by atoms with E-state index in [1.54, 1.807) is 0 Å². The van der Waals surface area contributed by atoms with Crippen molar-refractivity contribution in [3.05, 3.63) is 205 Å². The number of aromatic nitrogens is 2. The fourth-order valence-corrected chi connectivity index (χ4v) is 12.4. The van der Waals surface area contributed by atoms with Gasteiger partial charge in [0.15, 0.2) is 0 Å². The van der Waals surface area contributed by atoms with Gasteiger partial charge in [-0.2, -0.15) is 0 Å². The Hall–Kier alpha value is -7.20. The molecule has 0 saturated carbocycles. The van der Waals surface area contributed by atoms with Gasteiger partial charge in [-0.15, -0.1) is 11.3 Å². The van der Waals surface area contributed by atoms with E-state index >= 15 is 0 Å². The van der Waals surface area contributed by atoms with Crippen LogP contribution in [0.25, 0.3) is 109 Å². The lowest BCUT2D eigenvalue weighted by Crippen LogP contribution is -2.22. The molecule has 15 rings (SSSR count). The molecular weight excluding hydrogens is 733 g/mol. The first kappa shape index (κ1) is 31.8. The van der Waals surface area contributed by atoms with Gasteiger partial charge in [0.1, 0.15) is 0 Å². The molecule has 59 heavy (non-hydrogen) atoms. The van der Waals surface area contributed by atoms with Crippen molar-refractivity contribution in [1.82, 2.24) is 9.13 Å². The summed E-state index contributed by atoms with van der Waals surface area (Å²) in [6.45, 7) is 2.48. The summed E-state index contributed by atoms with van der Waals surface area (Å²) in [7, 11) is 0. The maximum absolute atomic E-state index is 2.58. The number of para-hydroxylation sites is 3. The Balaban J connectivity index is 1.16. The number of nitrogens with zero attached hydrogens (tertiary/aromatic N) is 2. The van der Waals surface area contributed by atoms with Gasteiger partial charge < -0.3 is 9.13 Å². The van der Waals surface area contributed by atoms with Crippen LogP contribution >= 0.6 is 11.3 Å². The molecule has 0 N–H and O–H groups in total. The van der Waals surface area contributed by atoms with Crippen molar-refractivity contribution in [2.75, 3.05) is 0 Å². The van der Waals surface area contributed by atoms with E-state index in [0.717, 1.165) is 0 Å². The van der Waals surface area contributed by atoms with E-state index in [2.05, 4.69) is 204 Å². The van der Waals surface area contributed by atoms with Gasteiger partial charge in [-0.3, -0.25) is 0 Å². The third-order valence-electron chi connectivity index (χ3n) is 13.7. The van der Waals surface area contributed by atoms with Crippen LogP contribution in [0.5, 0.6) is 0 Å². The van der Waals surface area contributed by atoms with Crippen LogP contribution in [-0.2, 0) is 5.41 Å². The highest BCUT2D eigenvalue weighted by atomic mass is 32.1. The lowest BCUT2D eigenvalue weighted by Gasteiger charge is -2.29. The number of hydrogen-bond donors (Lipinski definition) is 0. The molecule has 9 aromatic carbocycles. The first-order chi connectivity index (χ1) is 29.2. The highest BCUT2D eigenvalue weighted by Crippen LogP contribution is 2.58. The van der Waals surface area contributed by atoms with Crippen LogP contribution in [-0.4, -0.2) is 9.13 Å². The van der Waals surface area contributed by atoms with Crippen LogP contribution in [0.4, 0.5) is 0 Å². The van der Waals surface area contributed by atoms with E-state index in [0.29, 0.717) is 0 Å². The molecule has 0 spiro atoms. The summed E-state index contributed by atoms with van der Waals surface area (Å²) in [5.41, 5.74) is 18.7. The summed E-state index contributed by atoms with van der Waals surface area (Å²) in [6, 6.07) is 70.9. The SMILES string of the molecule is CC12c3ccccc3-c3cc4c5ccccc5n(c4cc31)-c1cc(-c3cccc4c3c3ccccc3n4-c3ccccc3)ccc1-c1ccc2c2c1sc1ccccc12. The van der Waals surface area contributed by atoms with Gasteiger partial charge >= 0.3 is 0 Å². The largest absolute Gasteiger partial charge is 0.309 e. The molecule has 1 aliphatic carbocycles. The van der Waals surface area contributed by atoms with E-state index in [9.17, 15) is 0 Å². The summed E-state index contributed by atoms with van der Waals surface area (Å²) >= 11 is 1.94. The predicted molar refractivity (Wildman–Crippen MR) is 250 cm³/mol. The molecule has 3 heteroatoms. The zero-order valence-corrected chi connectivity index (χ0v) is 33.0. The molecule has 274 valence electrons. The number of benzene rings is 9. The second-order valence-corrected chi connectivity index (χ2v) is 17.6. The second kappa shape index (κ2) is 11.3. The summed E-state index contributed by atoms with van der Waals surface area (Å²) in [6.07, 6.45) is 0. The predicted octanol–water partition coefficient (Wildman–Crippen LogP) is 15.2. The molecule has 5 heterocycles. The van der Waals surface area contributed by atoms with E-state index in [1.807, 2.05) is 11.3 Å². The van der Waals surface area contributed by atoms with Crippen LogP contribution in [0, 0.1) is 0 Å². The molecule has 2 nitrogen and oxygen atoms in total. The molecule has 2 aliphatic heterocycles. The monoisotopic (exact) mass is 766 g/mol. The Kier molecular flexibility index (Phi) is 6.07. The maximum atomic E-state index is 2.58. The van der Waals surface area contributed by atoms with Gasteiger partial charge in [-0.05, 0) is 100 Å². The Morgan fingerprint density at radius 2 is 1.08 bits per heavy atom. The average Bonchev–Trinajstić information content (AvgIpc) is 4.01. The number of rotatable bonds is 2. The lowest BCUT2D eigenvalue weighted by atomic mass is 9.72. The molecular formula is C56H34N2S. The van der Waals surface area contributed by atoms with Gasteiger partial charge in [0.05, 0.1) is 27.8 Å². The van der Waals surface area contributed by atoms with E-state index in [-0.39, 0.29) is 5.41 Å². The van der Waals surface area contributed by atoms with E-state index < -0.39 is 0 Å². The molecule has 0 fully saturated rings. The fraction of sp³-hybridized carbons (Fsp3) is 0.0357. The zero-order chi connectivity index (χ0) is 38.6. The van der Waals surface area contributed by atoms with Crippen LogP contribution in [0.2, 0.25) is 0 Å². The minimum atomic E-state index is -0.355. The Morgan fingerprint density at radius 1 is 0.390 bits per heavy atom. The quantitative estimate of drug-likeness (QED) is 0.166. The first-order valence-electron chi connectivity index (χ1n) is 20.5. The summed E-state index contributed by atoms with van der Waals surface area (Å²) in [5, 5.41) is 7.80. The zero-order valence-electron chi connectivity index (χ0n) is 32.2. The van der Waals surface area contributed by atoms with Crippen molar-refractivity contribution in [3.63, 3.8) is 0 Å². The molecule has 0 amide bonds. The Labute approximate surface area is 344 Å². The summed E-state index contributed by atoms with van der Waals surface area (Å²) < 4.78 is 7.67. The first-order valence-corrected chi connectivity index (χ1v) is 21.3. The molecule has 3 aromatic heterocycles. The number of fused-ring (bicyclic) bond motifs is 9. The normalized spacial score (nSPS) is 15.3. The van der Waals surface area contributed by atoms with Crippen molar-refractivity contribution in [2.24, 2.45) is 0 Å². The van der Waals surface area contributed by atoms with Gasteiger partial charge in [-0.1, -0.05) is 133 Å². The van der Waals surface area contributed by atoms with Crippen molar-refractivity contribution < 1.29 is 0 Å². The molecule has 1 unspecified atom stereocenters. The van der Waals surface area contributed by atoms with Crippen molar-refractivity contribution >= 4 is 75.1 Å². The van der Waals surface area contributed by atoms with Crippen LogP contribution in [0.3, 0.4) is 0 Å². The summed E-state index contributed by atoms with van der Waals surface area (Å²) in [5.74, 6) is 0. The van der Waals surface area contributed by atoms with Gasteiger partial charge in [0, 0.05) is 63.9 Å². The Bertz CT molecular complexity index is 3800. The molecule has 12 aromatic rings. The van der Waals surface area contributed by atoms with Gasteiger partial charge in [0.25, 0.3) is 0 Å². The van der Waals surface area contributed by atoms with Crippen molar-refractivity contribution in [3.8, 4) is 44.8 Å². The van der Waals surface area contributed by atoms with Crippen molar-refractivity contribution in [2.45, 2.75) is 12.3 Å². The highest BCUT2D eigenvalue weighted by molar-refractivity contribution is 7.26. The van der Waals surface area contributed by atoms with E-state index in [1.165, 1.54) is 125 Å². The Morgan fingerprint density at radius 3 is 1.97 bits per heavy atom. The minimum Gasteiger partial charge on any atom is -0.309 e. The maximum Gasteiger partial charge on any atom is 0.0547 e. The molecule has 1 atom stereocenters. The fourth-order valence-electron chi connectivity index (χ4n) is 11.2. The minimum absolute atomic E-state index is 0.355. The topological polar surface area (TPSA) is 9.86 Å². The van der Waals surface area contributed by atoms with Crippen molar-refractivity contribution in [1.29, 1.82) is 0 Å². The number of thiophene rings is 1. The average molecular weight is 767 g/mol. The lowest BCUT2D eigenvalue weighted by molar-refractivity contribution is 0.722. The number of hydrogen-bond acceptors (Lipinski definition) is 1. The highest BCUT2D eigenvalue weighted by Gasteiger charge is 2.43. The smallest absolute Gasteiger partial charge is 0.0547 e. The molecule has 4 bridgehead atoms. The summed E-state index contributed by atoms with van der Waals surface area (Å²) in [4.78, 5) is 0. The van der Waals surface area contributed by atoms with Crippen LogP contribution < -0.4 is 0 Å². The second-order valence-electron chi connectivity index (χ2n) is 16.5. The van der Waals surface area contributed by atoms with Crippen LogP contribution in [0.15, 0.2) is 188 Å². The standard InChI is InChI=1S/C56H34N2S/c1-56-44-21-9-5-16-36(44)42-31-43-37-17-6-10-22-47(37)58(51(43)32-46(42)56)50-30-33(26-27-38(50)39-28-29-45(56)54-41-19-8-12-25-52(41)59-55(39)54)35-20-13-24-49-53(35)40-18-7-11-23-48(40)57(49)34-14-3-2-4-15-34/h2-32H,1H3. The third-order valence-corrected chi connectivity index (χ3v) is 14.9. The van der Waals surface area contributed by atoms with E-state index in [4.69, 9.17) is 0 Å².